The first kappa shape index (κ1) is 17.1. The van der Waals surface area contributed by atoms with Gasteiger partial charge in [-0.05, 0) is 24.3 Å². The molecule has 2 heterocycles. The molecule has 2 amide bonds. The van der Waals surface area contributed by atoms with Gasteiger partial charge in [0.15, 0.2) is 0 Å². The molecule has 1 aliphatic heterocycles. The first-order valence-corrected chi connectivity index (χ1v) is 8.35. The molecule has 7 nitrogen and oxygen atoms in total. The van der Waals surface area contributed by atoms with Gasteiger partial charge in [-0.3, -0.25) is 9.59 Å². The van der Waals surface area contributed by atoms with Gasteiger partial charge in [-0.2, -0.15) is 5.10 Å². The molecule has 0 saturated heterocycles. The van der Waals surface area contributed by atoms with Crippen molar-refractivity contribution in [2.45, 2.75) is 12.8 Å². The Labute approximate surface area is 152 Å². The number of anilines is 1. The predicted molar refractivity (Wildman–Crippen MR) is 96.5 cm³/mol. The summed E-state index contributed by atoms with van der Waals surface area (Å²) in [5, 5.41) is 7.88. The second-order valence-corrected chi connectivity index (χ2v) is 6.28. The fraction of sp³-hybridized carbons (Fsp3) is 0.176. The van der Waals surface area contributed by atoms with E-state index in [1.54, 1.807) is 12.1 Å². The highest BCUT2D eigenvalue weighted by atomic mass is 79.9. The van der Waals surface area contributed by atoms with E-state index in [-0.39, 0.29) is 18.2 Å². The lowest BCUT2D eigenvalue weighted by atomic mass is 10.1. The van der Waals surface area contributed by atoms with E-state index < -0.39 is 0 Å². The minimum atomic E-state index is -0.346. The number of carbonyl (C=O) groups is 2. The fourth-order valence-electron chi connectivity index (χ4n) is 2.20. The van der Waals surface area contributed by atoms with Crippen LogP contribution in [0.4, 0.5) is 5.69 Å². The van der Waals surface area contributed by atoms with Crippen LogP contribution in [0.15, 0.2) is 52.2 Å². The number of carbonyl (C=O) groups excluding carboxylic acids is 2. The van der Waals surface area contributed by atoms with Gasteiger partial charge >= 0.3 is 0 Å². The zero-order valence-corrected chi connectivity index (χ0v) is 15.0. The molecule has 1 N–H and O–H groups in total. The summed E-state index contributed by atoms with van der Waals surface area (Å²) in [4.78, 5) is 27.8. The third-order valence-electron chi connectivity index (χ3n) is 3.48. The lowest BCUT2D eigenvalue weighted by Crippen LogP contribution is -2.34. The predicted octanol–water partition coefficient (Wildman–Crippen LogP) is 3.18. The molecule has 1 aliphatic rings. The van der Waals surface area contributed by atoms with Crippen molar-refractivity contribution in [3.63, 3.8) is 0 Å². The average molecular weight is 403 g/mol. The number of nitrogens with one attached hydrogen (secondary N) is 1. The van der Waals surface area contributed by atoms with Gasteiger partial charge in [0, 0.05) is 30.4 Å². The summed E-state index contributed by atoms with van der Waals surface area (Å²) in [6.45, 7) is 0. The molecular weight excluding hydrogens is 388 g/mol. The third-order valence-corrected chi connectivity index (χ3v) is 3.98. The number of pyridine rings is 1. The monoisotopic (exact) mass is 402 g/mol. The van der Waals surface area contributed by atoms with Crippen LogP contribution in [0.3, 0.4) is 0 Å². The molecule has 0 atom stereocenters. The van der Waals surface area contributed by atoms with Gasteiger partial charge in [0.2, 0.25) is 11.8 Å². The molecule has 128 valence electrons. The Hall–Kier alpha value is -2.74. The number of hydrogen-bond acceptors (Lipinski definition) is 5. The van der Waals surface area contributed by atoms with Crippen molar-refractivity contribution >= 4 is 39.1 Å². The van der Waals surface area contributed by atoms with Crippen LogP contribution in [-0.4, -0.2) is 34.6 Å². The van der Waals surface area contributed by atoms with E-state index in [1.165, 1.54) is 18.3 Å². The van der Waals surface area contributed by atoms with Gasteiger partial charge in [0.25, 0.3) is 5.91 Å². The van der Waals surface area contributed by atoms with Gasteiger partial charge in [-0.1, -0.05) is 22.0 Å². The molecule has 1 aromatic heterocycles. The summed E-state index contributed by atoms with van der Waals surface area (Å²) >= 11 is 3.38. The van der Waals surface area contributed by atoms with E-state index in [0.717, 1.165) is 4.47 Å². The van der Waals surface area contributed by atoms with Gasteiger partial charge in [0.1, 0.15) is 11.5 Å². The standard InChI is InChI=1S/C17H15BrN4O3/c1-22-16(23)8-6-14(21-22)17(24)20-12-5-7-15(19-10-12)25-13-4-2-3-11(18)9-13/h2-5,7,9-10H,6,8H2,1H3,(H,20,24). The van der Waals surface area contributed by atoms with E-state index in [1.807, 2.05) is 24.3 Å². The molecule has 0 aliphatic carbocycles. The zero-order chi connectivity index (χ0) is 17.8. The molecule has 0 saturated carbocycles. The number of halogens is 1. The summed E-state index contributed by atoms with van der Waals surface area (Å²) in [6.07, 6.45) is 2.11. The van der Waals surface area contributed by atoms with E-state index in [4.69, 9.17) is 4.74 Å². The van der Waals surface area contributed by atoms with E-state index in [2.05, 4.69) is 31.3 Å². The van der Waals surface area contributed by atoms with Crippen molar-refractivity contribution in [3.05, 3.63) is 47.1 Å². The van der Waals surface area contributed by atoms with Crippen molar-refractivity contribution in [1.29, 1.82) is 0 Å². The second kappa shape index (κ2) is 7.43. The van der Waals surface area contributed by atoms with Crippen molar-refractivity contribution in [2.75, 3.05) is 12.4 Å². The van der Waals surface area contributed by atoms with E-state index >= 15 is 0 Å². The molecule has 8 heteroatoms. The Morgan fingerprint density at radius 1 is 1.28 bits per heavy atom. The molecule has 0 fully saturated rings. The quantitative estimate of drug-likeness (QED) is 0.850. The lowest BCUT2D eigenvalue weighted by molar-refractivity contribution is -0.130. The highest BCUT2D eigenvalue weighted by Crippen LogP contribution is 2.23. The van der Waals surface area contributed by atoms with Gasteiger partial charge < -0.3 is 10.1 Å². The lowest BCUT2D eigenvalue weighted by Gasteiger charge is -2.18. The fourth-order valence-corrected chi connectivity index (χ4v) is 2.58. The van der Waals surface area contributed by atoms with Crippen LogP contribution in [0.5, 0.6) is 11.6 Å². The SMILES string of the molecule is CN1N=C(C(=O)Nc2ccc(Oc3cccc(Br)c3)nc2)CCC1=O. The van der Waals surface area contributed by atoms with Gasteiger partial charge in [-0.25, -0.2) is 9.99 Å². The smallest absolute Gasteiger partial charge is 0.271 e. The van der Waals surface area contributed by atoms with Crippen molar-refractivity contribution < 1.29 is 14.3 Å². The number of rotatable bonds is 4. The molecule has 0 spiro atoms. The Balaban J connectivity index is 1.63. The van der Waals surface area contributed by atoms with Crippen LogP contribution >= 0.6 is 15.9 Å². The van der Waals surface area contributed by atoms with Crippen molar-refractivity contribution in [1.82, 2.24) is 9.99 Å². The minimum Gasteiger partial charge on any atom is -0.439 e. The summed E-state index contributed by atoms with van der Waals surface area (Å²) < 4.78 is 6.55. The summed E-state index contributed by atoms with van der Waals surface area (Å²) in [6, 6.07) is 10.8. The van der Waals surface area contributed by atoms with Crippen LogP contribution in [-0.2, 0) is 9.59 Å². The molecular formula is C17H15BrN4O3. The summed E-state index contributed by atoms with van der Waals surface area (Å²) in [7, 11) is 1.53. The third kappa shape index (κ3) is 4.42. The number of hydrogen-bond donors (Lipinski definition) is 1. The normalized spacial score (nSPS) is 14.1. The largest absolute Gasteiger partial charge is 0.439 e. The summed E-state index contributed by atoms with van der Waals surface area (Å²) in [5.41, 5.74) is 0.838. The van der Waals surface area contributed by atoms with Crippen LogP contribution in [0.2, 0.25) is 0 Å². The van der Waals surface area contributed by atoms with Gasteiger partial charge in [-0.15, -0.1) is 0 Å². The Kier molecular flexibility index (Phi) is 5.08. The Bertz CT molecular complexity index is 836. The maximum atomic E-state index is 12.2. The molecule has 1 aromatic carbocycles. The number of nitrogens with zero attached hydrogens (tertiary/aromatic N) is 3. The first-order valence-electron chi connectivity index (χ1n) is 7.56. The molecule has 0 radical (unpaired) electrons. The minimum absolute atomic E-state index is 0.104. The maximum Gasteiger partial charge on any atom is 0.271 e. The van der Waals surface area contributed by atoms with Crippen LogP contribution in [0, 0.1) is 0 Å². The number of benzene rings is 1. The van der Waals surface area contributed by atoms with E-state index in [9.17, 15) is 9.59 Å². The highest BCUT2D eigenvalue weighted by Gasteiger charge is 2.22. The van der Waals surface area contributed by atoms with E-state index in [0.29, 0.717) is 29.4 Å². The topological polar surface area (TPSA) is 83.9 Å². The number of ether oxygens (including phenoxy) is 1. The summed E-state index contributed by atoms with van der Waals surface area (Å²) in [5.74, 6) is 0.619. The van der Waals surface area contributed by atoms with Gasteiger partial charge in [0.05, 0.1) is 11.9 Å². The molecule has 0 unspecified atom stereocenters. The number of aromatic nitrogens is 1. The van der Waals surface area contributed by atoms with Crippen molar-refractivity contribution in [2.24, 2.45) is 5.10 Å². The average Bonchev–Trinajstić information content (AvgIpc) is 2.59. The maximum absolute atomic E-state index is 12.2. The van der Waals surface area contributed by atoms with Crippen LogP contribution in [0.1, 0.15) is 12.8 Å². The number of hydrazone groups is 1. The zero-order valence-electron chi connectivity index (χ0n) is 13.4. The Morgan fingerprint density at radius 3 is 2.80 bits per heavy atom. The Morgan fingerprint density at radius 2 is 2.12 bits per heavy atom. The first-order chi connectivity index (χ1) is 12.0. The molecule has 2 aromatic rings. The molecule has 0 bridgehead atoms. The highest BCUT2D eigenvalue weighted by molar-refractivity contribution is 9.10. The second-order valence-electron chi connectivity index (χ2n) is 5.36. The van der Waals surface area contributed by atoms with Crippen LogP contribution in [0.25, 0.3) is 0 Å². The van der Waals surface area contributed by atoms with Crippen molar-refractivity contribution in [3.8, 4) is 11.6 Å². The number of amides is 2. The molecule has 25 heavy (non-hydrogen) atoms. The van der Waals surface area contributed by atoms with Crippen LogP contribution < -0.4 is 10.1 Å². The molecule has 3 rings (SSSR count).